The maximum Gasteiger partial charge on any atom is 0.252 e. The Labute approximate surface area is 223 Å². The molecule has 0 aliphatic heterocycles. The van der Waals surface area contributed by atoms with Gasteiger partial charge in [0.1, 0.15) is 5.82 Å². The van der Waals surface area contributed by atoms with E-state index in [-0.39, 0.29) is 29.8 Å². The summed E-state index contributed by atoms with van der Waals surface area (Å²) in [7, 11) is 0. The highest BCUT2D eigenvalue weighted by Crippen LogP contribution is 2.24. The Balaban J connectivity index is 1.36. The first kappa shape index (κ1) is 25.2. The molecule has 5 rings (SSSR count). The summed E-state index contributed by atoms with van der Waals surface area (Å²) in [6, 6.07) is 27.1. The largest absolute Gasteiger partial charge is 0.345 e. The Bertz CT molecular complexity index is 1630. The van der Waals surface area contributed by atoms with E-state index in [1.54, 1.807) is 18.2 Å². The van der Waals surface area contributed by atoms with Crippen LogP contribution in [-0.4, -0.2) is 32.3 Å². The highest BCUT2D eigenvalue weighted by atomic mass is 32.2. The molecule has 7 nitrogen and oxygen atoms in total. The maximum absolute atomic E-state index is 13.9. The Hall–Kier alpha value is -4.50. The van der Waals surface area contributed by atoms with Gasteiger partial charge in [0.25, 0.3) is 5.91 Å². The van der Waals surface area contributed by atoms with Gasteiger partial charge in [-0.15, -0.1) is 10.2 Å². The number of nitrogens with one attached hydrogen (secondary N) is 2. The van der Waals surface area contributed by atoms with Crippen LogP contribution in [-0.2, 0) is 11.3 Å². The van der Waals surface area contributed by atoms with Crippen molar-refractivity contribution in [2.75, 3.05) is 11.1 Å². The zero-order valence-electron chi connectivity index (χ0n) is 20.5. The third-order valence-electron chi connectivity index (χ3n) is 5.88. The number of halogens is 1. The highest BCUT2D eigenvalue weighted by molar-refractivity contribution is 7.99. The quantitative estimate of drug-likeness (QED) is 0.260. The van der Waals surface area contributed by atoms with Gasteiger partial charge in [0.05, 0.1) is 18.0 Å². The number of para-hydroxylation sites is 1. The monoisotopic (exact) mass is 525 g/mol. The molecular formula is C29H24FN5O2S. The lowest BCUT2D eigenvalue weighted by Crippen LogP contribution is -2.25. The second-order valence-electron chi connectivity index (χ2n) is 8.60. The molecule has 2 amide bonds. The molecule has 5 aromatic rings. The second kappa shape index (κ2) is 11.3. The van der Waals surface area contributed by atoms with Crippen LogP contribution in [0.1, 0.15) is 21.7 Å². The second-order valence-corrected chi connectivity index (χ2v) is 9.54. The summed E-state index contributed by atoms with van der Waals surface area (Å²) in [5.41, 5.74) is 2.54. The fraction of sp³-hybridized carbons (Fsp3) is 0.103. The van der Waals surface area contributed by atoms with Gasteiger partial charge >= 0.3 is 0 Å². The van der Waals surface area contributed by atoms with Gasteiger partial charge in [-0.25, -0.2) is 4.39 Å². The number of amides is 2. The van der Waals surface area contributed by atoms with Crippen LogP contribution in [0.25, 0.3) is 16.5 Å². The number of hydrogen-bond donors (Lipinski definition) is 2. The summed E-state index contributed by atoms with van der Waals surface area (Å²) in [6.45, 7) is 2.11. The van der Waals surface area contributed by atoms with Gasteiger partial charge in [-0.2, -0.15) is 0 Å². The van der Waals surface area contributed by atoms with E-state index in [1.807, 2.05) is 72.2 Å². The molecule has 0 fully saturated rings. The number of aryl methyl sites for hydroxylation is 1. The van der Waals surface area contributed by atoms with Gasteiger partial charge in [0, 0.05) is 11.3 Å². The van der Waals surface area contributed by atoms with Crippen molar-refractivity contribution >= 4 is 40.0 Å². The predicted octanol–water partition coefficient (Wildman–Crippen LogP) is 5.53. The van der Waals surface area contributed by atoms with Crippen LogP contribution in [0.2, 0.25) is 0 Å². The van der Waals surface area contributed by atoms with Gasteiger partial charge in [-0.3, -0.25) is 14.2 Å². The summed E-state index contributed by atoms with van der Waals surface area (Å²) in [4.78, 5) is 25.6. The van der Waals surface area contributed by atoms with E-state index in [0.717, 1.165) is 22.0 Å². The van der Waals surface area contributed by atoms with Gasteiger partial charge in [0.15, 0.2) is 11.0 Å². The lowest BCUT2D eigenvalue weighted by atomic mass is 10.0. The van der Waals surface area contributed by atoms with Crippen LogP contribution in [0.15, 0.2) is 96.2 Å². The van der Waals surface area contributed by atoms with Crippen molar-refractivity contribution in [3.05, 3.63) is 114 Å². The first-order valence-corrected chi connectivity index (χ1v) is 12.9. The number of thioether (sulfide) groups is 1. The summed E-state index contributed by atoms with van der Waals surface area (Å²) in [5, 5.41) is 16.5. The SMILES string of the molecule is Cc1cccc(-n2c(CNC(=O)c3cccc4ccccc34)nnc2SCC(=O)Nc2ccccc2F)c1. The molecule has 0 unspecified atom stereocenters. The molecule has 1 aromatic heterocycles. The molecule has 0 aliphatic carbocycles. The normalized spacial score (nSPS) is 10.9. The number of anilines is 1. The van der Waals surface area contributed by atoms with E-state index >= 15 is 0 Å². The van der Waals surface area contributed by atoms with E-state index in [1.165, 1.54) is 23.9 Å². The standard InChI is InChI=1S/C29H24FN5O2S/c1-19-8-6-11-21(16-19)35-26(17-31-28(37)23-13-7-10-20-9-2-3-12-22(20)23)33-34-29(35)38-18-27(36)32-25-15-5-4-14-24(25)30/h2-16H,17-18H2,1H3,(H,31,37)(H,32,36). The Morgan fingerprint density at radius 1 is 0.921 bits per heavy atom. The smallest absolute Gasteiger partial charge is 0.252 e. The number of hydrogen-bond acceptors (Lipinski definition) is 5. The summed E-state index contributed by atoms with van der Waals surface area (Å²) in [6.07, 6.45) is 0. The minimum Gasteiger partial charge on any atom is -0.345 e. The van der Waals surface area contributed by atoms with Gasteiger partial charge in [0.2, 0.25) is 5.91 Å². The Morgan fingerprint density at radius 3 is 2.53 bits per heavy atom. The van der Waals surface area contributed by atoms with Crippen LogP contribution in [0.3, 0.4) is 0 Å². The zero-order valence-corrected chi connectivity index (χ0v) is 21.3. The van der Waals surface area contributed by atoms with Crippen LogP contribution in [0.5, 0.6) is 0 Å². The van der Waals surface area contributed by atoms with Crippen LogP contribution in [0, 0.1) is 12.7 Å². The van der Waals surface area contributed by atoms with Gasteiger partial charge < -0.3 is 10.6 Å². The number of carbonyl (C=O) groups is 2. The summed E-state index contributed by atoms with van der Waals surface area (Å²) < 4.78 is 15.7. The van der Waals surface area contributed by atoms with E-state index in [2.05, 4.69) is 20.8 Å². The van der Waals surface area contributed by atoms with E-state index < -0.39 is 5.82 Å². The predicted molar refractivity (Wildman–Crippen MR) is 147 cm³/mol. The lowest BCUT2D eigenvalue weighted by molar-refractivity contribution is -0.113. The number of carbonyl (C=O) groups excluding carboxylic acids is 2. The van der Waals surface area contributed by atoms with Gasteiger partial charge in [-0.1, -0.05) is 72.4 Å². The summed E-state index contributed by atoms with van der Waals surface area (Å²) >= 11 is 1.18. The van der Waals surface area contributed by atoms with Crippen molar-refractivity contribution in [2.24, 2.45) is 0 Å². The molecule has 0 saturated carbocycles. The molecule has 0 aliphatic rings. The van der Waals surface area contributed by atoms with E-state index in [9.17, 15) is 14.0 Å². The van der Waals surface area contributed by atoms with E-state index in [0.29, 0.717) is 16.5 Å². The Morgan fingerprint density at radius 2 is 1.68 bits per heavy atom. The molecule has 2 N–H and O–H groups in total. The first-order valence-electron chi connectivity index (χ1n) is 11.9. The molecule has 190 valence electrons. The van der Waals surface area contributed by atoms with Crippen LogP contribution in [0.4, 0.5) is 10.1 Å². The van der Waals surface area contributed by atoms with Crippen molar-refractivity contribution in [2.45, 2.75) is 18.6 Å². The molecule has 0 radical (unpaired) electrons. The first-order chi connectivity index (χ1) is 18.5. The number of benzene rings is 4. The third kappa shape index (κ3) is 5.57. The fourth-order valence-corrected chi connectivity index (χ4v) is 4.86. The molecule has 0 bridgehead atoms. The molecule has 38 heavy (non-hydrogen) atoms. The van der Waals surface area contributed by atoms with E-state index in [4.69, 9.17) is 0 Å². The summed E-state index contributed by atoms with van der Waals surface area (Å²) in [5.74, 6) is -0.580. The molecule has 9 heteroatoms. The average Bonchev–Trinajstić information content (AvgIpc) is 3.34. The number of aromatic nitrogens is 3. The maximum atomic E-state index is 13.9. The minimum absolute atomic E-state index is 0.000642. The van der Waals surface area contributed by atoms with Crippen molar-refractivity contribution in [1.82, 2.24) is 20.1 Å². The molecule has 0 atom stereocenters. The molecule has 0 saturated heterocycles. The lowest BCUT2D eigenvalue weighted by Gasteiger charge is -2.12. The molecule has 0 spiro atoms. The van der Waals surface area contributed by atoms with Crippen molar-refractivity contribution in [3.8, 4) is 5.69 Å². The molecule has 1 heterocycles. The minimum atomic E-state index is -0.502. The highest BCUT2D eigenvalue weighted by Gasteiger charge is 2.18. The average molecular weight is 526 g/mol. The fourth-order valence-electron chi connectivity index (χ4n) is 4.09. The zero-order chi connectivity index (χ0) is 26.5. The van der Waals surface area contributed by atoms with Gasteiger partial charge in [-0.05, 0) is 53.6 Å². The van der Waals surface area contributed by atoms with Crippen LogP contribution < -0.4 is 10.6 Å². The molecule has 4 aromatic carbocycles. The third-order valence-corrected chi connectivity index (χ3v) is 6.81. The topological polar surface area (TPSA) is 88.9 Å². The molecular weight excluding hydrogens is 501 g/mol. The number of nitrogens with zero attached hydrogens (tertiary/aromatic N) is 3. The van der Waals surface area contributed by atoms with Crippen molar-refractivity contribution < 1.29 is 14.0 Å². The van der Waals surface area contributed by atoms with Crippen molar-refractivity contribution in [1.29, 1.82) is 0 Å². The van der Waals surface area contributed by atoms with Crippen LogP contribution >= 0.6 is 11.8 Å². The number of rotatable bonds is 8. The Kier molecular flexibility index (Phi) is 7.46. The van der Waals surface area contributed by atoms with Crippen molar-refractivity contribution in [3.63, 3.8) is 0 Å². The number of fused-ring (bicyclic) bond motifs is 1.